The van der Waals surface area contributed by atoms with Crippen molar-refractivity contribution in [1.29, 1.82) is 0 Å². The number of benzene rings is 2. The molecule has 1 N–H and O–H groups in total. The Morgan fingerprint density at radius 3 is 2.62 bits per heavy atom. The fourth-order valence-electron chi connectivity index (χ4n) is 2.73. The zero-order valence-electron chi connectivity index (χ0n) is 13.9. The Balaban J connectivity index is 1.54. The van der Waals surface area contributed by atoms with Crippen molar-refractivity contribution in [3.63, 3.8) is 0 Å². The first-order valence-corrected chi connectivity index (χ1v) is 9.00. The Bertz CT molecular complexity index is 953. The summed E-state index contributed by atoms with van der Waals surface area (Å²) < 4.78 is 12.7. The number of ether oxygens (including phenoxy) is 2. The largest absolute Gasteiger partial charge is 0.508 e. The number of aliphatic hydroxyl groups is 1. The highest BCUT2D eigenvalue weighted by Gasteiger charge is 2.22. The molecule has 4 nitrogen and oxygen atoms in total. The molecule has 0 saturated carbocycles. The minimum absolute atomic E-state index is 0.172. The van der Waals surface area contributed by atoms with Gasteiger partial charge in [0, 0.05) is 16.1 Å². The molecule has 0 aliphatic carbocycles. The van der Waals surface area contributed by atoms with Crippen molar-refractivity contribution >= 4 is 21.7 Å². The molecule has 1 aliphatic heterocycles. The van der Waals surface area contributed by atoms with Gasteiger partial charge in [-0.2, -0.15) is 0 Å². The van der Waals surface area contributed by atoms with Gasteiger partial charge in [0.05, 0.1) is 18.3 Å². The van der Waals surface area contributed by atoms with Gasteiger partial charge < -0.3 is 14.6 Å². The van der Waals surface area contributed by atoms with Crippen molar-refractivity contribution in [2.75, 3.05) is 0 Å². The van der Waals surface area contributed by atoms with Crippen LogP contribution in [-0.4, -0.2) is 10.1 Å². The number of fused-ring (bicyclic) bond motifs is 1. The van der Waals surface area contributed by atoms with E-state index in [9.17, 15) is 5.11 Å². The molecule has 0 radical (unpaired) electrons. The summed E-state index contributed by atoms with van der Waals surface area (Å²) in [7, 11) is 0. The summed E-state index contributed by atoms with van der Waals surface area (Å²) >= 11 is 3.41. The highest BCUT2D eigenvalue weighted by molar-refractivity contribution is 9.10. The predicted molar refractivity (Wildman–Crippen MR) is 103 cm³/mol. The first-order chi connectivity index (χ1) is 12.7. The molecule has 0 amide bonds. The molecule has 1 aromatic heterocycles. The quantitative estimate of drug-likeness (QED) is 0.636. The molecule has 2 heterocycles. The van der Waals surface area contributed by atoms with Gasteiger partial charge in [0.25, 0.3) is 0 Å². The number of allylic oxidation sites excluding steroid dienone is 1. The Kier molecular flexibility index (Phi) is 4.63. The fourth-order valence-corrected chi connectivity index (χ4v) is 2.99. The number of nitrogens with zero attached hydrogens (tertiary/aromatic N) is 1. The molecule has 0 fully saturated rings. The number of rotatable bonds is 4. The predicted octanol–water partition coefficient (Wildman–Crippen LogP) is 5.28. The summed E-state index contributed by atoms with van der Waals surface area (Å²) in [6, 6.07) is 19.4. The molecule has 0 atom stereocenters. The van der Waals surface area contributed by atoms with Crippen LogP contribution < -0.4 is 9.47 Å². The van der Waals surface area contributed by atoms with Crippen LogP contribution in [0.4, 0.5) is 0 Å². The zero-order valence-corrected chi connectivity index (χ0v) is 15.4. The first kappa shape index (κ1) is 16.7. The average Bonchev–Trinajstić information content (AvgIpc) is 2.67. The lowest BCUT2D eigenvalue weighted by Crippen LogP contribution is -2.11. The van der Waals surface area contributed by atoms with Crippen LogP contribution in [0.5, 0.6) is 11.5 Å². The SMILES string of the molecule is OC1=C(c2ccc(Br)cc2)Oc2cc(OCc3ccccc3)cnc2C1. The van der Waals surface area contributed by atoms with Gasteiger partial charge in [0.15, 0.2) is 11.5 Å². The van der Waals surface area contributed by atoms with Gasteiger partial charge in [0.2, 0.25) is 0 Å². The van der Waals surface area contributed by atoms with E-state index in [1.807, 2.05) is 60.7 Å². The van der Waals surface area contributed by atoms with Crippen LogP contribution in [0.25, 0.3) is 5.76 Å². The number of hydrogen-bond acceptors (Lipinski definition) is 4. The van der Waals surface area contributed by atoms with Crippen molar-refractivity contribution in [1.82, 2.24) is 4.98 Å². The second kappa shape index (κ2) is 7.22. The number of aliphatic hydroxyl groups excluding tert-OH is 1. The molecule has 3 aromatic rings. The molecule has 26 heavy (non-hydrogen) atoms. The highest BCUT2D eigenvalue weighted by Crippen LogP contribution is 2.35. The number of halogens is 1. The maximum Gasteiger partial charge on any atom is 0.172 e. The molecule has 0 unspecified atom stereocenters. The standard InChI is InChI=1S/C21H16BrNO3/c22-16-8-6-15(7-9-16)21-19(24)11-18-20(26-21)10-17(12-23-18)25-13-14-4-2-1-3-5-14/h1-10,12,24H,11,13H2. The van der Waals surface area contributed by atoms with Gasteiger partial charge in [-0.3, -0.25) is 4.98 Å². The van der Waals surface area contributed by atoms with E-state index in [1.165, 1.54) is 0 Å². The lowest BCUT2D eigenvalue weighted by Gasteiger charge is -2.20. The maximum absolute atomic E-state index is 10.3. The van der Waals surface area contributed by atoms with Crippen molar-refractivity contribution < 1.29 is 14.6 Å². The number of aromatic nitrogens is 1. The van der Waals surface area contributed by atoms with Crippen LogP contribution in [0.3, 0.4) is 0 Å². The molecular formula is C21H16BrNO3. The zero-order chi connectivity index (χ0) is 17.9. The van der Waals surface area contributed by atoms with Gasteiger partial charge in [-0.1, -0.05) is 46.3 Å². The monoisotopic (exact) mass is 409 g/mol. The molecule has 4 rings (SSSR count). The van der Waals surface area contributed by atoms with Gasteiger partial charge in [0.1, 0.15) is 18.1 Å². The molecular weight excluding hydrogens is 394 g/mol. The van der Waals surface area contributed by atoms with E-state index in [4.69, 9.17) is 9.47 Å². The Hall–Kier alpha value is -2.79. The number of pyridine rings is 1. The van der Waals surface area contributed by atoms with Crippen LogP contribution in [0, 0.1) is 0 Å². The Labute approximate surface area is 159 Å². The summed E-state index contributed by atoms with van der Waals surface area (Å²) in [4.78, 5) is 4.37. The van der Waals surface area contributed by atoms with Crippen LogP contribution in [0.2, 0.25) is 0 Å². The molecule has 130 valence electrons. The van der Waals surface area contributed by atoms with E-state index >= 15 is 0 Å². The maximum atomic E-state index is 10.3. The lowest BCUT2D eigenvalue weighted by atomic mass is 10.1. The smallest absolute Gasteiger partial charge is 0.172 e. The molecule has 2 aromatic carbocycles. The Morgan fingerprint density at radius 1 is 1.08 bits per heavy atom. The summed E-state index contributed by atoms with van der Waals surface area (Å²) in [6.07, 6.45) is 1.99. The third-order valence-corrected chi connectivity index (χ3v) is 4.60. The third-order valence-electron chi connectivity index (χ3n) is 4.07. The molecule has 1 aliphatic rings. The van der Waals surface area contributed by atoms with Crippen molar-refractivity contribution in [2.45, 2.75) is 13.0 Å². The minimum atomic E-state index is 0.172. The van der Waals surface area contributed by atoms with Crippen LogP contribution in [-0.2, 0) is 13.0 Å². The van der Waals surface area contributed by atoms with E-state index < -0.39 is 0 Å². The second-order valence-corrected chi connectivity index (χ2v) is 6.87. The summed E-state index contributed by atoms with van der Waals surface area (Å²) in [5, 5.41) is 10.3. The summed E-state index contributed by atoms with van der Waals surface area (Å²) in [5.74, 6) is 1.85. The fraction of sp³-hybridized carbons (Fsp3) is 0.0952. The lowest BCUT2D eigenvalue weighted by molar-refractivity contribution is 0.301. The van der Waals surface area contributed by atoms with Gasteiger partial charge in [-0.05, 0) is 29.8 Å². The summed E-state index contributed by atoms with van der Waals surface area (Å²) in [6.45, 7) is 0.460. The highest BCUT2D eigenvalue weighted by atomic mass is 79.9. The summed E-state index contributed by atoms with van der Waals surface area (Å²) in [5.41, 5.74) is 2.58. The van der Waals surface area contributed by atoms with E-state index in [0.29, 0.717) is 36.0 Å². The van der Waals surface area contributed by atoms with Gasteiger partial charge in [-0.15, -0.1) is 0 Å². The van der Waals surface area contributed by atoms with E-state index in [2.05, 4.69) is 20.9 Å². The number of hydrogen-bond donors (Lipinski definition) is 1. The molecule has 5 heteroatoms. The van der Waals surface area contributed by atoms with E-state index in [-0.39, 0.29) is 5.76 Å². The van der Waals surface area contributed by atoms with E-state index in [0.717, 1.165) is 15.6 Å². The Morgan fingerprint density at radius 2 is 1.85 bits per heavy atom. The normalized spacial score (nSPS) is 13.1. The van der Waals surface area contributed by atoms with Crippen LogP contribution in [0.15, 0.2) is 77.1 Å². The van der Waals surface area contributed by atoms with Crippen LogP contribution in [0.1, 0.15) is 16.8 Å². The average molecular weight is 410 g/mol. The van der Waals surface area contributed by atoms with Crippen molar-refractivity contribution in [2.24, 2.45) is 0 Å². The third kappa shape index (κ3) is 3.58. The topological polar surface area (TPSA) is 51.6 Å². The first-order valence-electron chi connectivity index (χ1n) is 8.20. The minimum Gasteiger partial charge on any atom is -0.508 e. The molecule has 0 spiro atoms. The van der Waals surface area contributed by atoms with Gasteiger partial charge in [-0.25, -0.2) is 0 Å². The van der Waals surface area contributed by atoms with E-state index in [1.54, 1.807) is 6.20 Å². The van der Waals surface area contributed by atoms with Crippen molar-refractivity contribution in [3.8, 4) is 11.5 Å². The second-order valence-electron chi connectivity index (χ2n) is 5.95. The molecule has 0 saturated heterocycles. The van der Waals surface area contributed by atoms with Crippen molar-refractivity contribution in [3.05, 3.63) is 93.9 Å². The molecule has 0 bridgehead atoms. The van der Waals surface area contributed by atoms with Gasteiger partial charge >= 0.3 is 0 Å². The van der Waals surface area contributed by atoms with Crippen LogP contribution >= 0.6 is 15.9 Å².